The van der Waals surface area contributed by atoms with Crippen LogP contribution in [0, 0.1) is 5.82 Å². The summed E-state index contributed by atoms with van der Waals surface area (Å²) in [6, 6.07) is 5.42. The Balaban J connectivity index is 1.92. The van der Waals surface area contributed by atoms with Crippen LogP contribution in [0.15, 0.2) is 24.3 Å². The number of carboxylic acids is 1. The number of thioether (sulfide) groups is 1. The molecule has 1 unspecified atom stereocenters. The van der Waals surface area contributed by atoms with Crippen LogP contribution in [-0.2, 0) is 11.3 Å². The summed E-state index contributed by atoms with van der Waals surface area (Å²) < 4.78 is 13.1. The first-order chi connectivity index (χ1) is 10.1. The van der Waals surface area contributed by atoms with E-state index < -0.39 is 5.97 Å². The first-order valence-corrected chi connectivity index (χ1v) is 7.80. The molecule has 0 aliphatic carbocycles. The van der Waals surface area contributed by atoms with Gasteiger partial charge in [-0.1, -0.05) is 12.1 Å². The molecule has 5 nitrogen and oxygen atoms in total. The molecule has 1 aliphatic heterocycles. The molecule has 2 rings (SSSR count). The summed E-state index contributed by atoms with van der Waals surface area (Å²) in [5, 5.41) is 11.6. The van der Waals surface area contributed by atoms with Gasteiger partial charge in [0.1, 0.15) is 5.82 Å². The van der Waals surface area contributed by atoms with Gasteiger partial charge in [-0.3, -0.25) is 4.79 Å². The molecule has 0 spiro atoms. The van der Waals surface area contributed by atoms with Crippen LogP contribution in [0.1, 0.15) is 12.0 Å². The minimum absolute atomic E-state index is 0.0552. The molecule has 7 heteroatoms. The second-order valence-corrected chi connectivity index (χ2v) is 5.96. The van der Waals surface area contributed by atoms with Gasteiger partial charge in [-0.25, -0.2) is 9.18 Å². The molecule has 1 aliphatic rings. The minimum atomic E-state index is -0.912. The summed E-state index contributed by atoms with van der Waals surface area (Å²) in [4.78, 5) is 24.6. The predicted molar refractivity (Wildman–Crippen MR) is 78.7 cm³/mol. The van der Waals surface area contributed by atoms with Gasteiger partial charge in [0.25, 0.3) is 0 Å². The molecular weight excluding hydrogens is 295 g/mol. The SMILES string of the molecule is O=C(O)CC1CSCCN1C(=O)NCc1cccc(F)c1. The standard InChI is InChI=1S/C14H17FN2O3S/c15-11-3-1-2-10(6-11)8-16-14(20)17-4-5-21-9-12(17)7-13(18)19/h1-3,6,12H,4-5,7-9H2,(H,16,20)(H,18,19). The van der Waals surface area contributed by atoms with Gasteiger partial charge in [0.05, 0.1) is 12.5 Å². The first kappa shape index (κ1) is 15.6. The number of aliphatic carboxylic acids is 1. The number of hydrogen-bond donors (Lipinski definition) is 2. The van der Waals surface area contributed by atoms with Crippen LogP contribution < -0.4 is 5.32 Å². The van der Waals surface area contributed by atoms with E-state index in [2.05, 4.69) is 5.32 Å². The van der Waals surface area contributed by atoms with E-state index in [-0.39, 0.29) is 30.9 Å². The van der Waals surface area contributed by atoms with Crippen molar-refractivity contribution in [2.45, 2.75) is 19.0 Å². The topological polar surface area (TPSA) is 69.6 Å². The second-order valence-electron chi connectivity index (χ2n) is 4.81. The number of carboxylic acid groups (broad SMARTS) is 1. The summed E-state index contributed by atoms with van der Waals surface area (Å²) in [5.74, 6) is 0.161. The molecule has 2 amide bonds. The molecule has 0 radical (unpaired) electrons. The molecule has 1 aromatic rings. The van der Waals surface area contributed by atoms with E-state index in [1.54, 1.807) is 28.8 Å². The number of halogens is 1. The molecule has 114 valence electrons. The number of nitrogens with one attached hydrogen (secondary N) is 1. The van der Waals surface area contributed by atoms with E-state index in [1.807, 2.05) is 0 Å². The molecular formula is C14H17FN2O3S. The van der Waals surface area contributed by atoms with Crippen molar-refractivity contribution in [1.29, 1.82) is 0 Å². The van der Waals surface area contributed by atoms with Crippen LogP contribution in [0.5, 0.6) is 0 Å². The third kappa shape index (κ3) is 4.63. The van der Waals surface area contributed by atoms with Crippen molar-refractivity contribution in [3.63, 3.8) is 0 Å². The Hall–Kier alpha value is -1.76. The van der Waals surface area contributed by atoms with Crippen molar-refractivity contribution in [1.82, 2.24) is 10.2 Å². The predicted octanol–water partition coefficient (Wildman–Crippen LogP) is 1.93. The van der Waals surface area contributed by atoms with Crippen LogP contribution >= 0.6 is 11.8 Å². The highest BCUT2D eigenvalue weighted by Crippen LogP contribution is 2.19. The molecule has 1 heterocycles. The highest BCUT2D eigenvalue weighted by molar-refractivity contribution is 7.99. The number of nitrogens with zero attached hydrogens (tertiary/aromatic N) is 1. The third-order valence-electron chi connectivity index (χ3n) is 3.23. The molecule has 1 aromatic carbocycles. The number of carbonyl (C=O) groups is 2. The van der Waals surface area contributed by atoms with Gasteiger partial charge < -0.3 is 15.3 Å². The normalized spacial score (nSPS) is 18.3. The lowest BCUT2D eigenvalue weighted by molar-refractivity contribution is -0.138. The maximum atomic E-state index is 13.1. The zero-order valence-electron chi connectivity index (χ0n) is 11.4. The van der Waals surface area contributed by atoms with Crippen LogP contribution in [0.25, 0.3) is 0 Å². The van der Waals surface area contributed by atoms with Crippen LogP contribution in [0.3, 0.4) is 0 Å². The molecule has 0 saturated carbocycles. The first-order valence-electron chi connectivity index (χ1n) is 6.64. The minimum Gasteiger partial charge on any atom is -0.481 e. The van der Waals surface area contributed by atoms with E-state index in [1.165, 1.54) is 12.1 Å². The zero-order chi connectivity index (χ0) is 15.2. The van der Waals surface area contributed by atoms with E-state index in [9.17, 15) is 14.0 Å². The quantitative estimate of drug-likeness (QED) is 0.891. The summed E-state index contributed by atoms with van der Waals surface area (Å²) >= 11 is 1.65. The highest BCUT2D eigenvalue weighted by atomic mass is 32.2. The average Bonchev–Trinajstić information content (AvgIpc) is 2.45. The Bertz CT molecular complexity index is 527. The third-order valence-corrected chi connectivity index (χ3v) is 4.32. The molecule has 1 saturated heterocycles. The molecule has 2 N–H and O–H groups in total. The smallest absolute Gasteiger partial charge is 0.317 e. The van der Waals surface area contributed by atoms with Crippen LogP contribution in [0.2, 0.25) is 0 Å². The van der Waals surface area contributed by atoms with Crippen molar-refractivity contribution in [3.8, 4) is 0 Å². The Morgan fingerprint density at radius 3 is 3.00 bits per heavy atom. The number of carbonyl (C=O) groups excluding carboxylic acids is 1. The fourth-order valence-electron chi connectivity index (χ4n) is 2.22. The van der Waals surface area contributed by atoms with Crippen molar-refractivity contribution >= 4 is 23.8 Å². The fourth-order valence-corrected chi connectivity index (χ4v) is 3.28. The van der Waals surface area contributed by atoms with Gasteiger partial charge >= 0.3 is 12.0 Å². The largest absolute Gasteiger partial charge is 0.481 e. The van der Waals surface area contributed by atoms with Crippen molar-refractivity contribution in [2.24, 2.45) is 0 Å². The van der Waals surface area contributed by atoms with Crippen molar-refractivity contribution in [3.05, 3.63) is 35.6 Å². The Morgan fingerprint density at radius 2 is 2.29 bits per heavy atom. The van der Waals surface area contributed by atoms with E-state index in [0.717, 1.165) is 5.75 Å². The maximum Gasteiger partial charge on any atom is 0.317 e. The lowest BCUT2D eigenvalue weighted by Crippen LogP contribution is -2.51. The lowest BCUT2D eigenvalue weighted by Gasteiger charge is -2.34. The summed E-state index contributed by atoms with van der Waals surface area (Å²) in [6.45, 7) is 0.748. The molecule has 1 atom stereocenters. The zero-order valence-corrected chi connectivity index (χ0v) is 12.2. The lowest BCUT2D eigenvalue weighted by atomic mass is 10.2. The molecule has 0 aromatic heterocycles. The number of amides is 2. The van der Waals surface area contributed by atoms with E-state index >= 15 is 0 Å². The van der Waals surface area contributed by atoms with Crippen LogP contribution in [0.4, 0.5) is 9.18 Å². The summed E-state index contributed by atoms with van der Waals surface area (Å²) in [5.41, 5.74) is 0.671. The van der Waals surface area contributed by atoms with Gasteiger partial charge in [-0.15, -0.1) is 0 Å². The molecule has 1 fully saturated rings. The fraction of sp³-hybridized carbons (Fsp3) is 0.429. The number of hydrogen-bond acceptors (Lipinski definition) is 3. The average molecular weight is 312 g/mol. The van der Waals surface area contributed by atoms with Crippen molar-refractivity contribution < 1.29 is 19.1 Å². The summed E-state index contributed by atoms with van der Waals surface area (Å²) in [7, 11) is 0. The Morgan fingerprint density at radius 1 is 1.48 bits per heavy atom. The highest BCUT2D eigenvalue weighted by Gasteiger charge is 2.28. The Kier molecular flexibility index (Phi) is 5.44. The Labute approximate surface area is 126 Å². The monoisotopic (exact) mass is 312 g/mol. The number of rotatable bonds is 4. The van der Waals surface area contributed by atoms with Gasteiger partial charge in [-0.05, 0) is 17.7 Å². The molecule has 0 bridgehead atoms. The number of benzene rings is 1. The van der Waals surface area contributed by atoms with Gasteiger partial charge in [0.2, 0.25) is 0 Å². The van der Waals surface area contributed by atoms with Gasteiger partial charge in [0.15, 0.2) is 0 Å². The maximum absolute atomic E-state index is 13.1. The van der Waals surface area contributed by atoms with Crippen molar-refractivity contribution in [2.75, 3.05) is 18.1 Å². The summed E-state index contributed by atoms with van der Waals surface area (Å²) in [6.07, 6.45) is -0.0552. The molecule has 21 heavy (non-hydrogen) atoms. The van der Waals surface area contributed by atoms with E-state index in [0.29, 0.717) is 17.9 Å². The van der Waals surface area contributed by atoms with Gasteiger partial charge in [0, 0.05) is 24.6 Å². The second kappa shape index (κ2) is 7.31. The van der Waals surface area contributed by atoms with E-state index in [4.69, 9.17) is 5.11 Å². The number of urea groups is 1. The van der Waals surface area contributed by atoms with Crippen LogP contribution in [-0.4, -0.2) is 46.1 Å². The van der Waals surface area contributed by atoms with Gasteiger partial charge in [-0.2, -0.15) is 11.8 Å².